The van der Waals surface area contributed by atoms with Crippen LogP contribution in [0.5, 0.6) is 0 Å². The van der Waals surface area contributed by atoms with Crippen LogP contribution in [0.3, 0.4) is 0 Å². The van der Waals surface area contributed by atoms with Crippen molar-refractivity contribution < 1.29 is 57.9 Å². The summed E-state index contributed by atoms with van der Waals surface area (Å²) in [5.41, 5.74) is -3.56. The van der Waals surface area contributed by atoms with Gasteiger partial charge in [0.1, 0.15) is 18.3 Å². The van der Waals surface area contributed by atoms with E-state index >= 15 is 0 Å². The molecule has 0 aromatic heterocycles. The maximum Gasteiger partial charge on any atom is 0.333 e. The largest absolute Gasteiger partial charge is 0.466 e. The fourth-order valence-corrected chi connectivity index (χ4v) is 6.63. The molecule has 1 saturated heterocycles. The number of aliphatic hydroxyl groups excluding tert-OH is 1. The summed E-state index contributed by atoms with van der Waals surface area (Å²) in [6.07, 6.45) is -4.89. The summed E-state index contributed by atoms with van der Waals surface area (Å²) in [6, 6.07) is 0. The van der Waals surface area contributed by atoms with Gasteiger partial charge in [-0.1, -0.05) is 13.8 Å². The first-order valence-electron chi connectivity index (χ1n) is 13.0. The molecule has 0 aromatic carbocycles. The standard InChI is InChI=1S/C27H38O12/c1-12-18(31)11-20(37-15(4)29)26(6)19(36-14(3)28)9-8-17(25(33)35-7)10-21-27(34,13(2)24(32)39-21)23(22(12)26)38-16(5)30/h10,12-13,18-23,31,34H,8-9,11H2,1-7H3/b17-10+/t12-,13-,18-,19+,20-,21-,22+,23?,26-,27-/m0/s1. The van der Waals surface area contributed by atoms with Gasteiger partial charge in [0.15, 0.2) is 11.7 Å². The van der Waals surface area contributed by atoms with Crippen molar-refractivity contribution in [3.05, 3.63) is 11.6 Å². The van der Waals surface area contributed by atoms with Crippen molar-refractivity contribution in [1.82, 2.24) is 0 Å². The van der Waals surface area contributed by atoms with Crippen molar-refractivity contribution in [3.63, 3.8) is 0 Å². The lowest BCUT2D eigenvalue weighted by atomic mass is 9.52. The normalized spacial score (nSPS) is 41.5. The number of hydrogen-bond donors (Lipinski definition) is 2. The van der Waals surface area contributed by atoms with Crippen LogP contribution in [-0.4, -0.2) is 83.3 Å². The van der Waals surface area contributed by atoms with Crippen LogP contribution < -0.4 is 0 Å². The highest BCUT2D eigenvalue weighted by Gasteiger charge is 2.69. The minimum Gasteiger partial charge on any atom is -0.466 e. The summed E-state index contributed by atoms with van der Waals surface area (Å²) in [6.45, 7) is 8.28. The Morgan fingerprint density at radius 2 is 1.56 bits per heavy atom. The van der Waals surface area contributed by atoms with Gasteiger partial charge in [0.25, 0.3) is 0 Å². The molecule has 0 amide bonds. The lowest BCUT2D eigenvalue weighted by Crippen LogP contribution is -2.68. The molecule has 39 heavy (non-hydrogen) atoms. The number of methoxy groups -OCH3 is 1. The molecule has 2 N–H and O–H groups in total. The molecule has 0 spiro atoms. The Bertz CT molecular complexity index is 1050. The van der Waals surface area contributed by atoms with E-state index in [2.05, 4.69) is 0 Å². The van der Waals surface area contributed by atoms with Crippen molar-refractivity contribution in [3.8, 4) is 0 Å². The fourth-order valence-electron chi connectivity index (χ4n) is 6.63. The molecule has 0 aromatic rings. The molecule has 1 aliphatic heterocycles. The number of hydrogen-bond acceptors (Lipinski definition) is 12. The van der Waals surface area contributed by atoms with Crippen molar-refractivity contribution in [2.75, 3.05) is 7.11 Å². The molecule has 3 rings (SSSR count). The van der Waals surface area contributed by atoms with Crippen LogP contribution in [-0.2, 0) is 47.7 Å². The summed E-state index contributed by atoms with van der Waals surface area (Å²) < 4.78 is 27.7. The van der Waals surface area contributed by atoms with E-state index in [9.17, 15) is 34.2 Å². The number of fused-ring (bicyclic) bond motifs is 2. The predicted molar refractivity (Wildman–Crippen MR) is 131 cm³/mol. The fraction of sp³-hybridized carbons (Fsp3) is 0.741. The molecule has 0 radical (unpaired) electrons. The predicted octanol–water partition coefficient (Wildman–Crippen LogP) is 0.991. The molecule has 3 aliphatic rings. The number of ether oxygens (including phenoxy) is 5. The van der Waals surface area contributed by atoms with Gasteiger partial charge in [-0.25, -0.2) is 4.79 Å². The molecule has 0 bridgehead atoms. The third kappa shape index (κ3) is 5.41. The Morgan fingerprint density at radius 1 is 1.00 bits per heavy atom. The molecule has 1 unspecified atom stereocenters. The first-order chi connectivity index (χ1) is 18.1. The lowest BCUT2D eigenvalue weighted by Gasteiger charge is -2.58. The van der Waals surface area contributed by atoms with E-state index in [1.807, 2.05) is 0 Å². The Labute approximate surface area is 226 Å². The van der Waals surface area contributed by atoms with Crippen LogP contribution in [0, 0.1) is 23.2 Å². The van der Waals surface area contributed by atoms with E-state index in [-0.39, 0.29) is 24.8 Å². The second-order valence-electron chi connectivity index (χ2n) is 11.0. The third-order valence-corrected chi connectivity index (χ3v) is 8.65. The Kier molecular flexibility index (Phi) is 8.81. The molecule has 1 heterocycles. The quantitative estimate of drug-likeness (QED) is 0.373. The van der Waals surface area contributed by atoms with Gasteiger partial charge in [-0.15, -0.1) is 0 Å². The first kappa shape index (κ1) is 30.6. The average molecular weight is 555 g/mol. The van der Waals surface area contributed by atoms with Crippen LogP contribution in [0.1, 0.15) is 60.8 Å². The molecule has 12 nitrogen and oxygen atoms in total. The Hall–Kier alpha value is -2.99. The SMILES string of the molecule is COC(=O)/C1=C/[C@@H]2OC(=O)[C@H](C)[C@@]2(O)C(OC(C)=O)[C@H]2[C@@H](C)[C@@H](O)C[C@H](OC(C)=O)[C@]2(C)[C@H](OC(C)=O)CC1. The van der Waals surface area contributed by atoms with Crippen LogP contribution in [0.2, 0.25) is 0 Å². The minimum absolute atomic E-state index is 0.0204. The van der Waals surface area contributed by atoms with Crippen molar-refractivity contribution >= 4 is 29.8 Å². The van der Waals surface area contributed by atoms with E-state index in [0.717, 1.165) is 6.92 Å². The lowest BCUT2D eigenvalue weighted by molar-refractivity contribution is -0.250. The molecule has 2 fully saturated rings. The van der Waals surface area contributed by atoms with Gasteiger partial charge in [-0.3, -0.25) is 19.2 Å². The minimum atomic E-state index is -2.22. The number of carbonyl (C=O) groups excluding carboxylic acids is 5. The highest BCUT2D eigenvalue weighted by molar-refractivity contribution is 5.89. The molecule has 218 valence electrons. The smallest absolute Gasteiger partial charge is 0.333 e. The molecule has 10 atom stereocenters. The van der Waals surface area contributed by atoms with Gasteiger partial charge in [0.05, 0.1) is 19.1 Å². The monoisotopic (exact) mass is 554 g/mol. The van der Waals surface area contributed by atoms with Crippen LogP contribution in [0.4, 0.5) is 0 Å². The van der Waals surface area contributed by atoms with Crippen molar-refractivity contribution in [2.24, 2.45) is 23.2 Å². The summed E-state index contributed by atoms with van der Waals surface area (Å²) in [7, 11) is 1.17. The van der Waals surface area contributed by atoms with Crippen molar-refractivity contribution in [1.29, 1.82) is 0 Å². The third-order valence-electron chi connectivity index (χ3n) is 8.65. The van der Waals surface area contributed by atoms with Gasteiger partial charge >= 0.3 is 29.8 Å². The van der Waals surface area contributed by atoms with Gasteiger partial charge in [0, 0.05) is 44.1 Å². The molecular weight excluding hydrogens is 516 g/mol. The van der Waals surface area contributed by atoms with E-state index in [1.54, 1.807) is 13.8 Å². The van der Waals surface area contributed by atoms with Gasteiger partial charge in [-0.05, 0) is 31.8 Å². The van der Waals surface area contributed by atoms with E-state index in [0.29, 0.717) is 0 Å². The highest BCUT2D eigenvalue weighted by Crippen LogP contribution is 2.56. The summed E-state index contributed by atoms with van der Waals surface area (Å²) in [5.74, 6) is -6.63. The van der Waals surface area contributed by atoms with E-state index < -0.39 is 89.1 Å². The second-order valence-corrected chi connectivity index (χ2v) is 11.0. The van der Waals surface area contributed by atoms with Gasteiger partial charge < -0.3 is 33.9 Å². The molecule has 12 heteroatoms. The average Bonchev–Trinajstić information content (AvgIpc) is 3.05. The first-order valence-corrected chi connectivity index (χ1v) is 13.0. The van der Waals surface area contributed by atoms with Crippen LogP contribution >= 0.6 is 0 Å². The molecular formula is C27H38O12. The highest BCUT2D eigenvalue weighted by atomic mass is 16.6. The second kappa shape index (κ2) is 11.2. The molecule has 1 saturated carbocycles. The zero-order chi connectivity index (χ0) is 29.4. The maximum atomic E-state index is 12.9. The van der Waals surface area contributed by atoms with E-state index in [4.69, 9.17) is 23.7 Å². The van der Waals surface area contributed by atoms with Crippen LogP contribution in [0.25, 0.3) is 0 Å². The number of rotatable bonds is 4. The number of esters is 5. The van der Waals surface area contributed by atoms with E-state index in [1.165, 1.54) is 34.0 Å². The topological polar surface area (TPSA) is 172 Å². The number of carbonyl (C=O) groups is 5. The summed E-state index contributed by atoms with van der Waals surface area (Å²) in [4.78, 5) is 62.7. The van der Waals surface area contributed by atoms with Gasteiger partial charge in [0.2, 0.25) is 0 Å². The number of aliphatic hydroxyl groups is 2. The Morgan fingerprint density at radius 3 is 2.10 bits per heavy atom. The van der Waals surface area contributed by atoms with Crippen LogP contribution in [0.15, 0.2) is 11.6 Å². The summed E-state index contributed by atoms with van der Waals surface area (Å²) >= 11 is 0. The Balaban J connectivity index is 2.41. The zero-order valence-corrected chi connectivity index (χ0v) is 23.3. The van der Waals surface area contributed by atoms with Crippen molar-refractivity contribution in [2.45, 2.75) is 96.9 Å². The zero-order valence-electron chi connectivity index (χ0n) is 23.3. The maximum absolute atomic E-state index is 12.9. The summed E-state index contributed by atoms with van der Waals surface area (Å²) in [5, 5.41) is 23.4. The van der Waals surface area contributed by atoms with Gasteiger partial charge in [-0.2, -0.15) is 0 Å². The molecule has 2 aliphatic carbocycles.